The van der Waals surface area contributed by atoms with E-state index in [-0.39, 0.29) is 29.9 Å². The van der Waals surface area contributed by atoms with Crippen molar-refractivity contribution in [3.8, 4) is 0 Å². The minimum atomic E-state index is -0.218. The number of piperidine rings is 2. The lowest BCUT2D eigenvalue weighted by molar-refractivity contribution is -0.947. The summed E-state index contributed by atoms with van der Waals surface area (Å²) in [7, 11) is 2.40. The van der Waals surface area contributed by atoms with Crippen molar-refractivity contribution in [2.75, 3.05) is 26.7 Å². The van der Waals surface area contributed by atoms with Gasteiger partial charge < -0.3 is 33.2 Å². The predicted molar refractivity (Wildman–Crippen MR) is 92.7 cm³/mol. The Morgan fingerprint density at radius 2 is 1.92 bits per heavy atom. The standard InChI is InChI=1S/C20H28NO2.HI/c1-21-14-6-5-11-19(21)18(10-7-15-21)16-23-20(22)13-12-17-8-3-2-4-9-17;/h2-4,8-9,12-13,18-19H,5-7,10-11,14-16H2,1H3;1H/q+1;/p-1/t18-,19+,21?;/m0./s1. The molecule has 1 unspecified atom stereocenters. The summed E-state index contributed by atoms with van der Waals surface area (Å²) >= 11 is 0. The van der Waals surface area contributed by atoms with E-state index >= 15 is 0 Å². The van der Waals surface area contributed by atoms with Crippen LogP contribution in [0.25, 0.3) is 6.08 Å². The maximum absolute atomic E-state index is 12.0. The molecule has 0 bridgehead atoms. The summed E-state index contributed by atoms with van der Waals surface area (Å²) in [4.78, 5) is 12.0. The maximum atomic E-state index is 12.0. The van der Waals surface area contributed by atoms with Gasteiger partial charge in [0.2, 0.25) is 0 Å². The molecule has 3 nitrogen and oxygen atoms in total. The first-order chi connectivity index (χ1) is 11.2. The van der Waals surface area contributed by atoms with Gasteiger partial charge in [-0.3, -0.25) is 0 Å². The number of quaternary nitrogens is 1. The van der Waals surface area contributed by atoms with Crippen LogP contribution in [-0.2, 0) is 9.53 Å². The third kappa shape index (κ3) is 4.82. The van der Waals surface area contributed by atoms with Crippen molar-refractivity contribution in [1.29, 1.82) is 0 Å². The van der Waals surface area contributed by atoms with Gasteiger partial charge in [0.15, 0.2) is 0 Å². The number of halogens is 1. The van der Waals surface area contributed by atoms with Gasteiger partial charge in [0.1, 0.15) is 6.61 Å². The number of esters is 1. The van der Waals surface area contributed by atoms with E-state index in [1.807, 2.05) is 36.4 Å². The Labute approximate surface area is 162 Å². The molecule has 0 N–H and O–H groups in total. The highest BCUT2D eigenvalue weighted by Gasteiger charge is 2.43. The molecule has 0 radical (unpaired) electrons. The number of ether oxygens (including phenoxy) is 1. The molecule has 0 aromatic heterocycles. The average molecular weight is 441 g/mol. The number of carbonyl (C=O) groups excluding carboxylic acids is 1. The highest BCUT2D eigenvalue weighted by Crippen LogP contribution is 2.36. The zero-order valence-electron chi connectivity index (χ0n) is 14.5. The minimum absolute atomic E-state index is 0. The molecule has 0 aliphatic carbocycles. The molecule has 4 heteroatoms. The first kappa shape index (κ1) is 19.4. The third-order valence-electron chi connectivity index (χ3n) is 5.66. The van der Waals surface area contributed by atoms with E-state index in [0.29, 0.717) is 18.6 Å². The van der Waals surface area contributed by atoms with E-state index < -0.39 is 0 Å². The van der Waals surface area contributed by atoms with Crippen LogP contribution in [0.4, 0.5) is 0 Å². The molecule has 132 valence electrons. The molecule has 0 spiro atoms. The Balaban J connectivity index is 0.00000208. The number of rotatable bonds is 4. The SMILES string of the molecule is C[N+]12CCCC[C@@H]1[C@H](COC(=O)C=Cc1ccccc1)CCC2.[I-]. The molecule has 2 fully saturated rings. The second-order valence-electron chi connectivity index (χ2n) is 7.27. The van der Waals surface area contributed by atoms with Crippen LogP contribution in [0.2, 0.25) is 0 Å². The monoisotopic (exact) mass is 441 g/mol. The maximum Gasteiger partial charge on any atom is 0.330 e. The number of fused-ring (bicyclic) bond motifs is 1. The molecule has 0 amide bonds. The molecular weight excluding hydrogens is 413 g/mol. The van der Waals surface area contributed by atoms with Crippen LogP contribution in [0.15, 0.2) is 36.4 Å². The molecule has 2 heterocycles. The summed E-state index contributed by atoms with van der Waals surface area (Å²) in [6.45, 7) is 3.17. The summed E-state index contributed by atoms with van der Waals surface area (Å²) in [6, 6.07) is 10.6. The molecule has 2 saturated heterocycles. The number of hydrogen-bond acceptors (Lipinski definition) is 2. The van der Waals surface area contributed by atoms with Gasteiger partial charge in [-0.05, 0) is 37.3 Å². The van der Waals surface area contributed by atoms with Crippen LogP contribution < -0.4 is 24.0 Å². The molecular formula is C20H28INO2. The molecule has 1 aromatic carbocycles. The summed E-state index contributed by atoms with van der Waals surface area (Å²) in [5.74, 6) is 0.313. The molecule has 1 aromatic rings. The van der Waals surface area contributed by atoms with E-state index in [9.17, 15) is 4.79 Å². The number of hydrogen-bond donors (Lipinski definition) is 0. The second-order valence-corrected chi connectivity index (χ2v) is 7.27. The second kappa shape index (κ2) is 8.99. The Morgan fingerprint density at radius 3 is 2.71 bits per heavy atom. The number of nitrogens with zero attached hydrogens (tertiary/aromatic N) is 1. The zero-order valence-corrected chi connectivity index (χ0v) is 16.7. The van der Waals surface area contributed by atoms with Gasteiger partial charge in [-0.15, -0.1) is 0 Å². The fourth-order valence-electron chi connectivity index (χ4n) is 4.39. The van der Waals surface area contributed by atoms with Crippen molar-refractivity contribution in [2.45, 2.75) is 38.1 Å². The van der Waals surface area contributed by atoms with Crippen LogP contribution in [0.5, 0.6) is 0 Å². The van der Waals surface area contributed by atoms with Crippen molar-refractivity contribution in [3.63, 3.8) is 0 Å². The Morgan fingerprint density at radius 1 is 1.17 bits per heavy atom. The van der Waals surface area contributed by atoms with Crippen molar-refractivity contribution in [3.05, 3.63) is 42.0 Å². The van der Waals surface area contributed by atoms with Gasteiger partial charge in [-0.1, -0.05) is 30.3 Å². The highest BCUT2D eigenvalue weighted by molar-refractivity contribution is 5.87. The van der Waals surface area contributed by atoms with Crippen molar-refractivity contribution >= 4 is 12.0 Å². The fraction of sp³-hybridized carbons (Fsp3) is 0.550. The Hall–Kier alpha value is -0.880. The van der Waals surface area contributed by atoms with E-state index in [4.69, 9.17) is 4.74 Å². The average Bonchev–Trinajstić information content (AvgIpc) is 2.58. The largest absolute Gasteiger partial charge is 1.00 e. The fourth-order valence-corrected chi connectivity index (χ4v) is 4.39. The Bertz CT molecular complexity index is 556. The van der Waals surface area contributed by atoms with E-state index in [1.54, 1.807) is 6.08 Å². The number of carbonyl (C=O) groups is 1. The van der Waals surface area contributed by atoms with Crippen LogP contribution in [0.1, 0.15) is 37.7 Å². The van der Waals surface area contributed by atoms with Crippen LogP contribution >= 0.6 is 0 Å². The summed E-state index contributed by atoms with van der Waals surface area (Å²) < 4.78 is 6.76. The Kier molecular flexibility index (Phi) is 7.29. The van der Waals surface area contributed by atoms with Gasteiger partial charge in [-0.25, -0.2) is 4.79 Å². The van der Waals surface area contributed by atoms with Crippen LogP contribution in [-0.4, -0.2) is 43.2 Å². The summed E-state index contributed by atoms with van der Waals surface area (Å²) in [5.41, 5.74) is 1.03. The molecule has 24 heavy (non-hydrogen) atoms. The van der Waals surface area contributed by atoms with Gasteiger partial charge in [0.05, 0.1) is 26.2 Å². The third-order valence-corrected chi connectivity index (χ3v) is 5.66. The minimum Gasteiger partial charge on any atom is -1.00 e. The van der Waals surface area contributed by atoms with Crippen molar-refractivity contribution in [1.82, 2.24) is 0 Å². The molecule has 2 aliphatic heterocycles. The summed E-state index contributed by atoms with van der Waals surface area (Å²) in [6.07, 6.45) is 9.80. The highest BCUT2D eigenvalue weighted by atomic mass is 127. The van der Waals surface area contributed by atoms with Gasteiger partial charge >= 0.3 is 5.97 Å². The lowest BCUT2D eigenvalue weighted by atomic mass is 9.82. The van der Waals surface area contributed by atoms with Gasteiger partial charge in [0.25, 0.3) is 0 Å². The zero-order chi connectivity index (χ0) is 16.1. The molecule has 3 atom stereocenters. The van der Waals surface area contributed by atoms with Crippen molar-refractivity contribution < 1.29 is 38.0 Å². The first-order valence-electron chi connectivity index (χ1n) is 8.91. The van der Waals surface area contributed by atoms with E-state index in [2.05, 4.69) is 7.05 Å². The predicted octanol–water partition coefficient (Wildman–Crippen LogP) is 0.656. The quantitative estimate of drug-likeness (QED) is 0.297. The van der Waals surface area contributed by atoms with E-state index in [0.717, 1.165) is 5.56 Å². The normalized spacial score (nSPS) is 29.5. The number of benzene rings is 1. The van der Waals surface area contributed by atoms with E-state index in [1.165, 1.54) is 49.7 Å². The van der Waals surface area contributed by atoms with Gasteiger partial charge in [-0.2, -0.15) is 0 Å². The van der Waals surface area contributed by atoms with Crippen LogP contribution in [0, 0.1) is 5.92 Å². The van der Waals surface area contributed by atoms with Gasteiger partial charge in [0, 0.05) is 18.4 Å². The first-order valence-corrected chi connectivity index (χ1v) is 8.91. The smallest absolute Gasteiger partial charge is 0.330 e. The molecule has 2 aliphatic rings. The topological polar surface area (TPSA) is 26.3 Å². The van der Waals surface area contributed by atoms with Crippen LogP contribution in [0.3, 0.4) is 0 Å². The molecule has 0 saturated carbocycles. The van der Waals surface area contributed by atoms with Crippen molar-refractivity contribution in [2.24, 2.45) is 5.92 Å². The lowest BCUT2D eigenvalue weighted by Crippen LogP contribution is -3.00. The molecule has 3 rings (SSSR count). The lowest BCUT2D eigenvalue weighted by Gasteiger charge is -2.51. The summed E-state index contributed by atoms with van der Waals surface area (Å²) in [5, 5.41) is 0.